The van der Waals surface area contributed by atoms with E-state index in [0.29, 0.717) is 36.5 Å². The van der Waals surface area contributed by atoms with Crippen LogP contribution in [0.25, 0.3) is 11.6 Å². The van der Waals surface area contributed by atoms with Gasteiger partial charge in [-0.15, -0.1) is 5.10 Å². The first-order chi connectivity index (χ1) is 7.81. The van der Waals surface area contributed by atoms with Crippen molar-refractivity contribution >= 4 is 6.01 Å². The monoisotopic (exact) mass is 224 g/mol. The molecule has 0 atom stereocenters. The molecule has 0 aliphatic rings. The molecule has 2 aromatic heterocycles. The number of nitrogens with one attached hydrogen (secondary N) is 1. The second-order valence-corrected chi connectivity index (χ2v) is 3.09. The smallest absolute Gasteiger partial charge is 0.315 e. The minimum atomic E-state index is 0.339. The number of aromatic nitrogens is 3. The van der Waals surface area contributed by atoms with E-state index < -0.39 is 0 Å². The Morgan fingerprint density at radius 1 is 1.44 bits per heavy atom. The Morgan fingerprint density at radius 2 is 2.31 bits per heavy atom. The van der Waals surface area contributed by atoms with Crippen LogP contribution in [-0.4, -0.2) is 35.4 Å². The SMILES string of the molecule is COCCNc1nnc(-c2ncoc2C)o1. The number of oxazole rings is 1. The van der Waals surface area contributed by atoms with E-state index >= 15 is 0 Å². The van der Waals surface area contributed by atoms with Crippen LogP contribution in [0, 0.1) is 6.92 Å². The third kappa shape index (κ3) is 2.19. The maximum absolute atomic E-state index is 5.34. The van der Waals surface area contributed by atoms with Crippen molar-refractivity contribution in [2.24, 2.45) is 0 Å². The highest BCUT2D eigenvalue weighted by atomic mass is 16.5. The lowest BCUT2D eigenvalue weighted by Crippen LogP contribution is -2.07. The van der Waals surface area contributed by atoms with Gasteiger partial charge in [-0.2, -0.15) is 0 Å². The summed E-state index contributed by atoms with van der Waals surface area (Å²) in [4.78, 5) is 3.98. The van der Waals surface area contributed by atoms with Crippen molar-refractivity contribution in [2.45, 2.75) is 6.92 Å². The number of hydrogen-bond acceptors (Lipinski definition) is 7. The first-order valence-electron chi connectivity index (χ1n) is 4.78. The van der Waals surface area contributed by atoms with E-state index in [0.717, 1.165) is 0 Å². The maximum Gasteiger partial charge on any atom is 0.315 e. The zero-order valence-corrected chi connectivity index (χ0v) is 9.06. The molecule has 16 heavy (non-hydrogen) atoms. The fourth-order valence-corrected chi connectivity index (χ4v) is 1.16. The summed E-state index contributed by atoms with van der Waals surface area (Å²) < 4.78 is 15.3. The Balaban J connectivity index is 2.05. The number of anilines is 1. The topological polar surface area (TPSA) is 86.2 Å². The Hall–Kier alpha value is -1.89. The predicted molar refractivity (Wildman–Crippen MR) is 54.9 cm³/mol. The molecule has 0 spiro atoms. The molecule has 0 aliphatic carbocycles. The van der Waals surface area contributed by atoms with Gasteiger partial charge in [-0.3, -0.25) is 0 Å². The van der Waals surface area contributed by atoms with Gasteiger partial charge in [0, 0.05) is 13.7 Å². The Kier molecular flexibility index (Phi) is 3.16. The highest BCUT2D eigenvalue weighted by Crippen LogP contribution is 2.21. The zero-order chi connectivity index (χ0) is 11.4. The molecule has 2 aromatic rings. The van der Waals surface area contributed by atoms with Gasteiger partial charge >= 0.3 is 6.01 Å². The highest BCUT2D eigenvalue weighted by molar-refractivity contribution is 5.49. The van der Waals surface area contributed by atoms with Gasteiger partial charge in [-0.05, 0) is 6.92 Å². The summed E-state index contributed by atoms with van der Waals surface area (Å²) in [5.74, 6) is 0.984. The van der Waals surface area contributed by atoms with Crippen LogP contribution in [0.4, 0.5) is 6.01 Å². The van der Waals surface area contributed by atoms with Gasteiger partial charge in [-0.25, -0.2) is 4.98 Å². The molecular formula is C9H12N4O3. The van der Waals surface area contributed by atoms with E-state index in [1.54, 1.807) is 14.0 Å². The van der Waals surface area contributed by atoms with Gasteiger partial charge in [-0.1, -0.05) is 5.10 Å². The molecule has 0 radical (unpaired) electrons. The molecular weight excluding hydrogens is 212 g/mol. The minimum absolute atomic E-state index is 0.339. The first kappa shape index (κ1) is 10.6. The van der Waals surface area contributed by atoms with Crippen LogP contribution in [0.2, 0.25) is 0 Å². The van der Waals surface area contributed by atoms with Crippen molar-refractivity contribution in [1.29, 1.82) is 0 Å². The van der Waals surface area contributed by atoms with Crippen molar-refractivity contribution in [2.75, 3.05) is 25.6 Å². The van der Waals surface area contributed by atoms with Crippen LogP contribution >= 0.6 is 0 Å². The van der Waals surface area contributed by atoms with Crippen molar-refractivity contribution < 1.29 is 13.6 Å². The van der Waals surface area contributed by atoms with E-state index in [2.05, 4.69) is 20.5 Å². The van der Waals surface area contributed by atoms with Crippen LogP contribution in [0.15, 0.2) is 15.2 Å². The lowest BCUT2D eigenvalue weighted by atomic mass is 10.4. The Morgan fingerprint density at radius 3 is 3.00 bits per heavy atom. The lowest BCUT2D eigenvalue weighted by Gasteiger charge is -1.97. The summed E-state index contributed by atoms with van der Waals surface area (Å²) >= 11 is 0. The summed E-state index contributed by atoms with van der Waals surface area (Å²) in [6.45, 7) is 2.96. The summed E-state index contributed by atoms with van der Waals surface area (Å²) in [7, 11) is 1.62. The van der Waals surface area contributed by atoms with E-state index in [9.17, 15) is 0 Å². The quantitative estimate of drug-likeness (QED) is 0.760. The van der Waals surface area contributed by atoms with Crippen LogP contribution in [0.1, 0.15) is 5.76 Å². The molecule has 2 rings (SSSR count). The molecule has 0 amide bonds. The molecule has 0 aromatic carbocycles. The number of ether oxygens (including phenoxy) is 1. The molecule has 0 saturated heterocycles. The zero-order valence-electron chi connectivity index (χ0n) is 9.06. The van der Waals surface area contributed by atoms with Gasteiger partial charge in [0.15, 0.2) is 12.1 Å². The minimum Gasteiger partial charge on any atom is -0.448 e. The second-order valence-electron chi connectivity index (χ2n) is 3.09. The molecule has 7 nitrogen and oxygen atoms in total. The standard InChI is InChI=1S/C9H12N4O3/c1-6-7(11-5-15-6)8-12-13-9(16-8)10-3-4-14-2/h5H,3-4H2,1-2H3,(H,10,13). The molecule has 0 fully saturated rings. The first-order valence-corrected chi connectivity index (χ1v) is 4.78. The van der Waals surface area contributed by atoms with Gasteiger partial charge < -0.3 is 18.9 Å². The average molecular weight is 224 g/mol. The third-order valence-corrected chi connectivity index (χ3v) is 1.95. The highest BCUT2D eigenvalue weighted by Gasteiger charge is 2.14. The average Bonchev–Trinajstić information content (AvgIpc) is 2.87. The fraction of sp³-hybridized carbons (Fsp3) is 0.444. The number of rotatable bonds is 5. The van der Waals surface area contributed by atoms with Gasteiger partial charge in [0.2, 0.25) is 0 Å². The van der Waals surface area contributed by atoms with Crippen LogP contribution in [0.3, 0.4) is 0 Å². The molecule has 7 heteroatoms. The molecule has 0 unspecified atom stereocenters. The third-order valence-electron chi connectivity index (χ3n) is 1.95. The molecule has 86 valence electrons. The normalized spacial score (nSPS) is 10.6. The predicted octanol–water partition coefficient (Wildman–Crippen LogP) is 1.09. The number of methoxy groups -OCH3 is 1. The second kappa shape index (κ2) is 4.75. The maximum atomic E-state index is 5.34. The number of nitrogens with zero attached hydrogens (tertiary/aromatic N) is 3. The number of hydrogen-bond donors (Lipinski definition) is 1. The van der Waals surface area contributed by atoms with Crippen molar-refractivity contribution in [1.82, 2.24) is 15.2 Å². The largest absolute Gasteiger partial charge is 0.448 e. The van der Waals surface area contributed by atoms with Crippen molar-refractivity contribution in [3.63, 3.8) is 0 Å². The number of aryl methyl sites for hydroxylation is 1. The summed E-state index contributed by atoms with van der Waals surface area (Å²) in [6, 6.07) is 0.342. The summed E-state index contributed by atoms with van der Waals surface area (Å²) in [6.07, 6.45) is 1.34. The van der Waals surface area contributed by atoms with Gasteiger partial charge in [0.1, 0.15) is 5.76 Å². The lowest BCUT2D eigenvalue weighted by molar-refractivity contribution is 0.210. The summed E-state index contributed by atoms with van der Waals surface area (Å²) in [5.41, 5.74) is 0.562. The van der Waals surface area contributed by atoms with Gasteiger partial charge in [0.05, 0.1) is 6.61 Å². The van der Waals surface area contributed by atoms with E-state index in [1.807, 2.05) is 0 Å². The molecule has 0 aliphatic heterocycles. The van der Waals surface area contributed by atoms with E-state index in [4.69, 9.17) is 13.6 Å². The van der Waals surface area contributed by atoms with E-state index in [-0.39, 0.29) is 0 Å². The van der Waals surface area contributed by atoms with Crippen LogP contribution in [-0.2, 0) is 4.74 Å². The van der Waals surface area contributed by atoms with E-state index in [1.165, 1.54) is 6.39 Å². The molecule has 2 heterocycles. The molecule has 0 saturated carbocycles. The van der Waals surface area contributed by atoms with Crippen LogP contribution < -0.4 is 5.32 Å². The molecule has 0 bridgehead atoms. The molecule has 1 N–H and O–H groups in total. The Labute approximate surface area is 91.8 Å². The summed E-state index contributed by atoms with van der Waals surface area (Å²) in [5, 5.41) is 10.6. The van der Waals surface area contributed by atoms with Crippen molar-refractivity contribution in [3.8, 4) is 11.6 Å². The Bertz CT molecular complexity index is 451. The van der Waals surface area contributed by atoms with Gasteiger partial charge in [0.25, 0.3) is 5.89 Å². The van der Waals surface area contributed by atoms with Crippen molar-refractivity contribution in [3.05, 3.63) is 12.2 Å². The fourth-order valence-electron chi connectivity index (χ4n) is 1.16. The van der Waals surface area contributed by atoms with Crippen LogP contribution in [0.5, 0.6) is 0 Å².